The van der Waals surface area contributed by atoms with Gasteiger partial charge in [-0.2, -0.15) is 0 Å². The largest absolute Gasteiger partial charge is 0.472 e. The van der Waals surface area contributed by atoms with Crippen molar-refractivity contribution in [3.63, 3.8) is 0 Å². The predicted molar refractivity (Wildman–Crippen MR) is 116 cm³/mol. The maximum Gasteiger partial charge on any atom is 0.339 e. The third-order valence-corrected chi connectivity index (χ3v) is 10.5. The molecule has 0 radical (unpaired) electrons. The van der Waals surface area contributed by atoms with Gasteiger partial charge in [0, 0.05) is 27.7 Å². The number of cyclic esters (lactones) is 1. The van der Waals surface area contributed by atoms with E-state index in [2.05, 4.69) is 13.8 Å². The second-order valence-corrected chi connectivity index (χ2v) is 12.1. The average molecular weight is 457 g/mol. The van der Waals surface area contributed by atoms with Gasteiger partial charge in [-0.3, -0.25) is 4.79 Å². The summed E-state index contributed by atoms with van der Waals surface area (Å²) in [5.74, 6) is -1.04. The summed E-state index contributed by atoms with van der Waals surface area (Å²) >= 11 is 0. The van der Waals surface area contributed by atoms with Crippen molar-refractivity contribution in [3.8, 4) is 0 Å². The number of ether oxygens (including phenoxy) is 2. The number of ketones is 1. The van der Waals surface area contributed by atoms with E-state index >= 15 is 0 Å². The standard InChI is InChI=1S/C26H32O7/c1-22(2)15(27)7-9-23(3)14-6-10-24(4)19(13-8-11-31-12-13)32-21(30)20-26(24,33-20)25(14,5)18(29)16(28)17(22)23/h7-9,11-12,14,16-20,28-29H,6,10H2,1-5H3/t14-,16-,17+,18+,19-,20-,23-,24+,25-,26-/m0/s1. The number of aliphatic hydroxyl groups is 2. The molecule has 2 saturated heterocycles. The van der Waals surface area contributed by atoms with E-state index in [9.17, 15) is 19.8 Å². The fourth-order valence-corrected chi connectivity index (χ4v) is 9.06. The number of allylic oxidation sites excluding steroid dienone is 2. The van der Waals surface area contributed by atoms with Crippen LogP contribution >= 0.6 is 0 Å². The van der Waals surface area contributed by atoms with Crippen molar-refractivity contribution >= 4 is 11.8 Å². The van der Waals surface area contributed by atoms with Crippen LogP contribution in [-0.2, 0) is 19.1 Å². The number of aliphatic hydroxyl groups excluding tert-OH is 2. The molecule has 33 heavy (non-hydrogen) atoms. The molecule has 3 heterocycles. The zero-order chi connectivity index (χ0) is 23.8. The van der Waals surface area contributed by atoms with Crippen LogP contribution in [0.1, 0.15) is 59.1 Å². The molecule has 0 unspecified atom stereocenters. The number of hydrogen-bond donors (Lipinski definition) is 2. The lowest BCUT2D eigenvalue weighted by Gasteiger charge is -2.69. The summed E-state index contributed by atoms with van der Waals surface area (Å²) in [4.78, 5) is 25.9. The maximum absolute atomic E-state index is 13.1. The van der Waals surface area contributed by atoms with Gasteiger partial charge in [-0.05, 0) is 36.3 Å². The molecule has 0 aromatic carbocycles. The van der Waals surface area contributed by atoms with Crippen molar-refractivity contribution < 1.29 is 33.7 Å². The van der Waals surface area contributed by atoms with E-state index in [0.29, 0.717) is 6.42 Å². The van der Waals surface area contributed by atoms with Crippen LogP contribution < -0.4 is 0 Å². The molecule has 6 rings (SSSR count). The zero-order valence-electron chi connectivity index (χ0n) is 19.7. The lowest BCUT2D eigenvalue weighted by molar-refractivity contribution is -0.277. The SMILES string of the molecule is CC1(C)C(=O)C=C[C@]2(C)[C@@H]1[C@H](O)[C@@H](O)[C@]1(C)[C@H]2CC[C@]2(C)[C@H](c3ccoc3)OC(=O)[C@@H]3O[C@]312. The monoisotopic (exact) mass is 456 g/mol. The molecule has 5 aliphatic rings. The Morgan fingerprint density at radius 1 is 1.06 bits per heavy atom. The lowest BCUT2D eigenvalue weighted by atomic mass is 9.35. The Hall–Kier alpha value is -1.96. The quantitative estimate of drug-likeness (QED) is 0.494. The van der Waals surface area contributed by atoms with Crippen molar-refractivity contribution in [2.75, 3.05) is 0 Å². The van der Waals surface area contributed by atoms with Crippen molar-refractivity contribution in [1.29, 1.82) is 0 Å². The number of epoxide rings is 1. The van der Waals surface area contributed by atoms with Crippen molar-refractivity contribution in [1.82, 2.24) is 0 Å². The Bertz CT molecular complexity index is 1070. The number of fused-ring (bicyclic) bond motifs is 3. The minimum Gasteiger partial charge on any atom is -0.472 e. The first-order chi connectivity index (χ1) is 15.4. The molecular weight excluding hydrogens is 424 g/mol. The number of rotatable bonds is 1. The van der Waals surface area contributed by atoms with Crippen LogP contribution in [0.4, 0.5) is 0 Å². The van der Waals surface area contributed by atoms with E-state index in [4.69, 9.17) is 13.9 Å². The van der Waals surface area contributed by atoms with Gasteiger partial charge in [0.15, 0.2) is 11.9 Å². The van der Waals surface area contributed by atoms with Gasteiger partial charge in [0.2, 0.25) is 0 Å². The number of esters is 1. The van der Waals surface area contributed by atoms with Crippen molar-refractivity contribution in [3.05, 3.63) is 36.3 Å². The van der Waals surface area contributed by atoms with E-state index in [1.807, 2.05) is 26.8 Å². The highest BCUT2D eigenvalue weighted by Crippen LogP contribution is 2.79. The Balaban J connectivity index is 1.55. The molecule has 2 aliphatic heterocycles. The van der Waals surface area contributed by atoms with E-state index in [0.717, 1.165) is 12.0 Å². The maximum atomic E-state index is 13.1. The second-order valence-electron chi connectivity index (χ2n) is 12.1. The van der Waals surface area contributed by atoms with Crippen LogP contribution in [0, 0.1) is 33.5 Å². The summed E-state index contributed by atoms with van der Waals surface area (Å²) in [6.07, 6.45) is 4.50. The van der Waals surface area contributed by atoms with Gasteiger partial charge >= 0.3 is 5.97 Å². The van der Waals surface area contributed by atoms with E-state index in [-0.39, 0.29) is 11.7 Å². The molecule has 1 aromatic rings. The third-order valence-electron chi connectivity index (χ3n) is 10.5. The molecule has 7 heteroatoms. The predicted octanol–water partition coefficient (Wildman–Crippen LogP) is 2.96. The second kappa shape index (κ2) is 5.99. The van der Waals surface area contributed by atoms with Crippen molar-refractivity contribution in [2.24, 2.45) is 33.5 Å². The molecule has 10 atom stereocenters. The molecule has 3 aliphatic carbocycles. The fourth-order valence-electron chi connectivity index (χ4n) is 9.06. The number of hydrogen-bond acceptors (Lipinski definition) is 7. The highest BCUT2D eigenvalue weighted by molar-refractivity contribution is 5.96. The Morgan fingerprint density at radius 2 is 1.79 bits per heavy atom. The molecular formula is C26H32O7. The minimum absolute atomic E-state index is 0.0412. The molecule has 2 N–H and O–H groups in total. The summed E-state index contributed by atoms with van der Waals surface area (Å²) in [7, 11) is 0. The number of carbonyl (C=O) groups excluding carboxylic acids is 2. The number of furan rings is 1. The Kier molecular flexibility index (Phi) is 3.91. The first-order valence-electron chi connectivity index (χ1n) is 11.9. The molecule has 2 saturated carbocycles. The highest BCUT2D eigenvalue weighted by Gasteiger charge is 2.88. The molecule has 7 nitrogen and oxygen atoms in total. The molecule has 4 fully saturated rings. The van der Waals surface area contributed by atoms with Gasteiger partial charge in [-0.1, -0.05) is 40.7 Å². The van der Waals surface area contributed by atoms with Crippen LogP contribution in [-0.4, -0.2) is 45.9 Å². The first-order valence-corrected chi connectivity index (χ1v) is 11.9. The van der Waals surface area contributed by atoms with Crippen LogP contribution in [0.3, 0.4) is 0 Å². The highest BCUT2D eigenvalue weighted by atomic mass is 16.7. The van der Waals surface area contributed by atoms with Gasteiger partial charge in [0.25, 0.3) is 0 Å². The van der Waals surface area contributed by atoms with E-state index in [1.165, 1.54) is 0 Å². The van der Waals surface area contributed by atoms with Crippen LogP contribution in [0.2, 0.25) is 0 Å². The van der Waals surface area contributed by atoms with Crippen LogP contribution in [0.5, 0.6) is 0 Å². The van der Waals surface area contributed by atoms with E-state index in [1.54, 1.807) is 24.7 Å². The Morgan fingerprint density at radius 3 is 2.45 bits per heavy atom. The zero-order valence-corrected chi connectivity index (χ0v) is 19.7. The van der Waals surface area contributed by atoms with Gasteiger partial charge in [0.05, 0.1) is 24.7 Å². The van der Waals surface area contributed by atoms with Gasteiger partial charge in [0.1, 0.15) is 11.7 Å². The van der Waals surface area contributed by atoms with Crippen LogP contribution in [0.15, 0.2) is 35.2 Å². The topological polar surface area (TPSA) is 110 Å². The summed E-state index contributed by atoms with van der Waals surface area (Å²) < 4.78 is 17.5. The van der Waals surface area contributed by atoms with E-state index < -0.39 is 63.6 Å². The fraction of sp³-hybridized carbons (Fsp3) is 0.692. The van der Waals surface area contributed by atoms with Gasteiger partial charge in [-0.15, -0.1) is 0 Å². The number of carbonyl (C=O) groups is 2. The average Bonchev–Trinajstić information content (AvgIpc) is 3.32. The Labute approximate surface area is 193 Å². The summed E-state index contributed by atoms with van der Waals surface area (Å²) in [5, 5.41) is 23.4. The summed E-state index contributed by atoms with van der Waals surface area (Å²) in [6.45, 7) is 9.83. The summed E-state index contributed by atoms with van der Waals surface area (Å²) in [6, 6.07) is 1.80. The van der Waals surface area contributed by atoms with Gasteiger partial charge in [-0.25, -0.2) is 4.79 Å². The molecule has 1 aromatic heterocycles. The summed E-state index contributed by atoms with van der Waals surface area (Å²) in [5.41, 5.74) is -3.15. The lowest BCUT2D eigenvalue weighted by Crippen LogP contribution is -2.75. The van der Waals surface area contributed by atoms with Gasteiger partial charge < -0.3 is 24.1 Å². The smallest absolute Gasteiger partial charge is 0.339 e. The first kappa shape index (κ1) is 21.6. The third kappa shape index (κ3) is 2.10. The normalized spacial score (nSPS) is 53.9. The molecule has 1 spiro atoms. The van der Waals surface area contributed by atoms with Crippen LogP contribution in [0.25, 0.3) is 0 Å². The minimum atomic E-state index is -1.17. The molecule has 178 valence electrons. The molecule has 0 amide bonds. The molecule has 0 bridgehead atoms. The van der Waals surface area contributed by atoms with Crippen molar-refractivity contribution in [2.45, 2.75) is 77.5 Å².